The molecule has 0 radical (unpaired) electrons. The summed E-state index contributed by atoms with van der Waals surface area (Å²) in [4.78, 5) is 2.58. The van der Waals surface area contributed by atoms with Crippen molar-refractivity contribution in [1.82, 2.24) is 10.2 Å². The van der Waals surface area contributed by atoms with Crippen molar-refractivity contribution in [1.29, 1.82) is 5.41 Å². The van der Waals surface area contributed by atoms with Crippen molar-refractivity contribution in [2.45, 2.75) is 51.6 Å². The largest absolute Gasteiger partial charge is 0.388 e. The van der Waals surface area contributed by atoms with Gasteiger partial charge in [0.05, 0.1) is 0 Å². The Morgan fingerprint density at radius 2 is 2.24 bits per heavy atom. The number of rotatable bonds is 5. The minimum absolute atomic E-state index is 0.447. The van der Waals surface area contributed by atoms with Gasteiger partial charge in [-0.05, 0) is 51.1 Å². The highest BCUT2D eigenvalue weighted by atomic mass is 15.2. The van der Waals surface area contributed by atoms with E-state index >= 15 is 0 Å². The zero-order valence-electron chi connectivity index (χ0n) is 11.1. The highest BCUT2D eigenvalue weighted by molar-refractivity contribution is 5.76. The summed E-state index contributed by atoms with van der Waals surface area (Å²) >= 11 is 0. The molecule has 2 fully saturated rings. The van der Waals surface area contributed by atoms with E-state index in [9.17, 15) is 0 Å². The van der Waals surface area contributed by atoms with Crippen LogP contribution in [0.1, 0.15) is 39.5 Å². The average Bonchev–Trinajstić information content (AvgIpc) is 2.87. The molecule has 2 N–H and O–H groups in total. The van der Waals surface area contributed by atoms with Gasteiger partial charge in [-0.2, -0.15) is 0 Å². The predicted octanol–water partition coefficient (Wildman–Crippen LogP) is 2.39. The third-order valence-electron chi connectivity index (χ3n) is 4.05. The number of nitrogens with one attached hydrogen (secondary N) is 2. The first-order valence-corrected chi connectivity index (χ1v) is 6.90. The molecule has 2 rings (SSSR count). The van der Waals surface area contributed by atoms with Gasteiger partial charge < -0.3 is 10.7 Å². The van der Waals surface area contributed by atoms with E-state index in [1.807, 2.05) is 6.20 Å². The first-order chi connectivity index (χ1) is 8.20. The van der Waals surface area contributed by atoms with Gasteiger partial charge in [0, 0.05) is 31.0 Å². The molecule has 0 amide bonds. The monoisotopic (exact) mass is 235 g/mol. The van der Waals surface area contributed by atoms with Crippen LogP contribution in [-0.4, -0.2) is 36.3 Å². The number of likely N-dealkylation sites (tertiary alicyclic amines) is 1. The van der Waals surface area contributed by atoms with Crippen LogP contribution in [0.5, 0.6) is 0 Å². The van der Waals surface area contributed by atoms with Gasteiger partial charge in [0.2, 0.25) is 0 Å². The summed E-state index contributed by atoms with van der Waals surface area (Å²) in [6.07, 6.45) is 9.08. The van der Waals surface area contributed by atoms with Crippen LogP contribution in [-0.2, 0) is 0 Å². The van der Waals surface area contributed by atoms with Crippen LogP contribution < -0.4 is 5.32 Å². The molecule has 1 aliphatic heterocycles. The first-order valence-electron chi connectivity index (χ1n) is 6.90. The lowest BCUT2D eigenvalue weighted by Gasteiger charge is -2.24. The van der Waals surface area contributed by atoms with Gasteiger partial charge in [-0.15, -0.1) is 0 Å². The van der Waals surface area contributed by atoms with Crippen LogP contribution in [0.4, 0.5) is 0 Å². The van der Waals surface area contributed by atoms with E-state index in [2.05, 4.69) is 24.1 Å². The molecular formula is C14H25N3. The molecule has 2 atom stereocenters. The molecule has 3 nitrogen and oxygen atoms in total. The number of nitrogens with zero attached hydrogens (tertiary/aromatic N) is 1. The predicted molar refractivity (Wildman–Crippen MR) is 72.5 cm³/mol. The van der Waals surface area contributed by atoms with Crippen LogP contribution in [0.2, 0.25) is 0 Å². The maximum Gasteiger partial charge on any atom is 0.0266 e. The zero-order chi connectivity index (χ0) is 12.3. The summed E-state index contributed by atoms with van der Waals surface area (Å²) in [5.74, 6) is 0.944. The van der Waals surface area contributed by atoms with Crippen molar-refractivity contribution in [2.24, 2.45) is 5.92 Å². The van der Waals surface area contributed by atoms with Gasteiger partial charge in [-0.1, -0.05) is 6.42 Å². The Morgan fingerprint density at radius 3 is 2.94 bits per heavy atom. The second kappa shape index (κ2) is 5.67. The van der Waals surface area contributed by atoms with Gasteiger partial charge in [0.25, 0.3) is 0 Å². The van der Waals surface area contributed by atoms with Crippen molar-refractivity contribution < 1.29 is 0 Å². The fourth-order valence-electron chi connectivity index (χ4n) is 3.17. The SMILES string of the molecule is CC(C)N/C=C(\C=N)CN1CC[C@H]2CCC[C@H]21. The fourth-order valence-corrected chi connectivity index (χ4v) is 3.17. The number of hydrogen-bond acceptors (Lipinski definition) is 3. The lowest BCUT2D eigenvalue weighted by molar-refractivity contribution is 0.263. The van der Waals surface area contributed by atoms with Gasteiger partial charge in [0.1, 0.15) is 0 Å². The van der Waals surface area contributed by atoms with Crippen LogP contribution >= 0.6 is 0 Å². The fraction of sp³-hybridized carbons (Fsp3) is 0.786. The quantitative estimate of drug-likeness (QED) is 0.718. The standard InChI is InChI=1S/C14H25N3/c1-11(2)16-9-12(8-15)10-17-7-6-13-4-3-5-14(13)17/h8-9,11,13-16H,3-7,10H2,1-2H3/b12-9+,15-8?/t13-,14-/m1/s1. The number of fused-ring (bicyclic) bond motifs is 1. The third-order valence-corrected chi connectivity index (χ3v) is 4.05. The Hall–Kier alpha value is -0.830. The van der Waals surface area contributed by atoms with Crippen molar-refractivity contribution in [2.75, 3.05) is 13.1 Å². The van der Waals surface area contributed by atoms with Crippen LogP contribution in [0.15, 0.2) is 11.8 Å². The molecule has 1 saturated carbocycles. The third kappa shape index (κ3) is 3.09. The lowest BCUT2D eigenvalue weighted by Crippen LogP contribution is -2.32. The summed E-state index contributed by atoms with van der Waals surface area (Å²) in [6.45, 7) is 6.43. The van der Waals surface area contributed by atoms with Gasteiger partial charge in [0.15, 0.2) is 0 Å². The molecule has 17 heavy (non-hydrogen) atoms. The molecular weight excluding hydrogens is 210 g/mol. The molecule has 1 saturated heterocycles. The van der Waals surface area contributed by atoms with Crippen molar-refractivity contribution in [3.63, 3.8) is 0 Å². The van der Waals surface area contributed by atoms with E-state index in [-0.39, 0.29) is 0 Å². The Labute approximate surface area is 105 Å². The van der Waals surface area contributed by atoms with E-state index in [0.717, 1.165) is 24.1 Å². The Bertz CT molecular complexity index is 296. The summed E-state index contributed by atoms with van der Waals surface area (Å²) in [5, 5.41) is 10.8. The van der Waals surface area contributed by atoms with Crippen LogP contribution in [0.25, 0.3) is 0 Å². The van der Waals surface area contributed by atoms with Crippen molar-refractivity contribution in [3.8, 4) is 0 Å². The zero-order valence-corrected chi connectivity index (χ0v) is 11.1. The topological polar surface area (TPSA) is 39.1 Å². The first kappa shape index (κ1) is 12.6. The van der Waals surface area contributed by atoms with E-state index < -0.39 is 0 Å². The van der Waals surface area contributed by atoms with Gasteiger partial charge in [-0.25, -0.2) is 0 Å². The average molecular weight is 235 g/mol. The molecule has 0 unspecified atom stereocenters. The molecule has 0 aromatic rings. The Morgan fingerprint density at radius 1 is 1.41 bits per heavy atom. The second-order valence-corrected chi connectivity index (χ2v) is 5.70. The minimum atomic E-state index is 0.447. The molecule has 0 spiro atoms. The van der Waals surface area contributed by atoms with E-state index in [1.54, 1.807) is 0 Å². The van der Waals surface area contributed by atoms with Gasteiger partial charge >= 0.3 is 0 Å². The normalized spacial score (nSPS) is 29.7. The molecule has 0 bridgehead atoms. The molecule has 1 heterocycles. The molecule has 96 valence electrons. The molecule has 0 aromatic carbocycles. The van der Waals surface area contributed by atoms with Crippen molar-refractivity contribution in [3.05, 3.63) is 11.8 Å². The van der Waals surface area contributed by atoms with E-state index in [4.69, 9.17) is 5.41 Å². The molecule has 1 aliphatic carbocycles. The second-order valence-electron chi connectivity index (χ2n) is 5.70. The highest BCUT2D eigenvalue weighted by Crippen LogP contribution is 2.37. The maximum atomic E-state index is 7.50. The molecule has 0 aromatic heterocycles. The van der Waals surface area contributed by atoms with Crippen LogP contribution in [0.3, 0.4) is 0 Å². The summed E-state index contributed by atoms with van der Waals surface area (Å²) in [6, 6.07) is 1.25. The number of hydrogen-bond donors (Lipinski definition) is 2. The Kier molecular flexibility index (Phi) is 4.21. The van der Waals surface area contributed by atoms with Crippen molar-refractivity contribution >= 4 is 6.21 Å². The van der Waals surface area contributed by atoms with E-state index in [1.165, 1.54) is 38.4 Å². The summed E-state index contributed by atoms with van der Waals surface area (Å²) in [7, 11) is 0. The summed E-state index contributed by atoms with van der Waals surface area (Å²) < 4.78 is 0. The molecule has 2 aliphatic rings. The van der Waals surface area contributed by atoms with Gasteiger partial charge in [-0.3, -0.25) is 4.90 Å². The summed E-state index contributed by atoms with van der Waals surface area (Å²) in [5.41, 5.74) is 1.10. The smallest absolute Gasteiger partial charge is 0.0266 e. The molecule has 3 heteroatoms. The Balaban J connectivity index is 1.90. The van der Waals surface area contributed by atoms with Crippen LogP contribution in [0, 0.1) is 11.3 Å². The highest BCUT2D eigenvalue weighted by Gasteiger charge is 2.37. The van der Waals surface area contributed by atoms with E-state index in [0.29, 0.717) is 6.04 Å². The lowest BCUT2D eigenvalue weighted by atomic mass is 10.0. The maximum absolute atomic E-state index is 7.50. The minimum Gasteiger partial charge on any atom is -0.388 e.